The summed E-state index contributed by atoms with van der Waals surface area (Å²) >= 11 is 0. The molecule has 0 aliphatic rings. The van der Waals surface area contributed by atoms with Crippen LogP contribution in [0.3, 0.4) is 0 Å². The maximum atomic E-state index is 13.3. The van der Waals surface area contributed by atoms with Gasteiger partial charge in [0.05, 0.1) is 5.69 Å². The first-order valence-electron chi connectivity index (χ1n) is 14.5. The van der Waals surface area contributed by atoms with E-state index in [1.807, 2.05) is 45.0 Å². The molecule has 1 aromatic heterocycles. The highest BCUT2D eigenvalue weighted by Gasteiger charge is 2.18. The van der Waals surface area contributed by atoms with Crippen LogP contribution in [0.4, 0.5) is 22.1 Å². The molecule has 1 heterocycles. The van der Waals surface area contributed by atoms with Crippen molar-refractivity contribution in [1.29, 1.82) is 5.41 Å². The standard InChI is InChI=1S/C33H40N7O4P/c1-33(2,3)28(34)21-29(37-22-11-13-23(14-12-22)45(4,5)43)39-32(42)38-26-15-16-27(25-10-7-6-9-24(25)26)44-30-17-19-36-31(40-30)35-18-8-20-41/h6-7,9-17,19,21,34,37,41H,8,18,20H2,1-5H3,(H,35,36,40)(H2,38,39,42)/b29-21+,34-28?. The zero-order valence-corrected chi connectivity index (χ0v) is 27.0. The molecular weight excluding hydrogens is 589 g/mol. The minimum atomic E-state index is -2.41. The predicted octanol–water partition coefficient (Wildman–Crippen LogP) is 6.61. The monoisotopic (exact) mass is 629 g/mol. The van der Waals surface area contributed by atoms with Crippen molar-refractivity contribution in [3.05, 3.63) is 84.8 Å². The molecule has 0 aliphatic carbocycles. The van der Waals surface area contributed by atoms with Crippen molar-refractivity contribution in [1.82, 2.24) is 15.3 Å². The second kappa shape index (κ2) is 14.4. The molecule has 3 aromatic carbocycles. The molecule has 11 nitrogen and oxygen atoms in total. The van der Waals surface area contributed by atoms with Crippen LogP contribution in [0.15, 0.2) is 84.8 Å². The lowest BCUT2D eigenvalue weighted by Gasteiger charge is -2.20. The molecule has 0 saturated heterocycles. The Morgan fingerprint density at radius 2 is 1.71 bits per heavy atom. The quantitative estimate of drug-likeness (QED) is 0.0580. The van der Waals surface area contributed by atoms with E-state index >= 15 is 0 Å². The minimum absolute atomic E-state index is 0.0686. The number of nitrogens with zero attached hydrogens (tertiary/aromatic N) is 2. The number of benzene rings is 3. The van der Waals surface area contributed by atoms with Crippen LogP contribution in [-0.2, 0) is 4.57 Å². The number of allylic oxidation sites excluding steroid dienone is 1. The van der Waals surface area contributed by atoms with Gasteiger partial charge in [-0.25, -0.2) is 9.78 Å². The van der Waals surface area contributed by atoms with Crippen LogP contribution >= 0.6 is 7.14 Å². The number of aliphatic hydroxyl groups is 1. The molecule has 236 valence electrons. The summed E-state index contributed by atoms with van der Waals surface area (Å²) in [6.45, 7) is 9.79. The highest BCUT2D eigenvalue weighted by Crippen LogP contribution is 2.35. The number of aliphatic hydroxyl groups excluding tert-OH is 1. The molecule has 2 amide bonds. The first-order chi connectivity index (χ1) is 21.3. The number of aromatic nitrogens is 2. The van der Waals surface area contributed by atoms with Gasteiger partial charge in [-0.05, 0) is 56.1 Å². The molecule has 0 spiro atoms. The summed E-state index contributed by atoms with van der Waals surface area (Å²) < 4.78 is 18.5. The van der Waals surface area contributed by atoms with E-state index in [1.54, 1.807) is 68.1 Å². The number of carbonyl (C=O) groups is 1. The number of urea groups is 1. The lowest BCUT2D eigenvalue weighted by atomic mass is 9.90. The number of anilines is 3. The first kappa shape index (κ1) is 33.2. The van der Waals surface area contributed by atoms with Crippen molar-refractivity contribution in [3.8, 4) is 11.6 Å². The van der Waals surface area contributed by atoms with Gasteiger partial charge in [-0.2, -0.15) is 4.98 Å². The summed E-state index contributed by atoms with van der Waals surface area (Å²) in [5.41, 5.74) is 1.10. The number of nitrogens with one attached hydrogen (secondary N) is 5. The number of ether oxygens (including phenoxy) is 1. The maximum absolute atomic E-state index is 13.3. The maximum Gasteiger partial charge on any atom is 0.324 e. The van der Waals surface area contributed by atoms with Gasteiger partial charge in [0.25, 0.3) is 0 Å². The van der Waals surface area contributed by atoms with Crippen LogP contribution in [0.1, 0.15) is 27.2 Å². The van der Waals surface area contributed by atoms with E-state index in [-0.39, 0.29) is 6.61 Å². The zero-order valence-electron chi connectivity index (χ0n) is 26.1. The second-order valence-electron chi connectivity index (χ2n) is 11.8. The van der Waals surface area contributed by atoms with Gasteiger partial charge in [0.2, 0.25) is 11.8 Å². The highest BCUT2D eigenvalue weighted by atomic mass is 31.2. The molecule has 0 saturated carbocycles. The lowest BCUT2D eigenvalue weighted by molar-refractivity contribution is 0.254. The van der Waals surface area contributed by atoms with Gasteiger partial charge in [-0.3, -0.25) is 5.32 Å². The van der Waals surface area contributed by atoms with Crippen LogP contribution in [0.5, 0.6) is 11.6 Å². The Hall–Kier alpha value is -4.73. The van der Waals surface area contributed by atoms with Crippen molar-refractivity contribution >= 4 is 52.3 Å². The number of hydrogen-bond donors (Lipinski definition) is 6. The molecule has 4 rings (SSSR count). The summed E-state index contributed by atoms with van der Waals surface area (Å²) in [4.78, 5) is 21.9. The summed E-state index contributed by atoms with van der Waals surface area (Å²) in [5.74, 6) is 1.59. The topological polar surface area (TPSA) is 161 Å². The summed E-state index contributed by atoms with van der Waals surface area (Å²) in [7, 11) is -2.41. The van der Waals surface area contributed by atoms with Crippen LogP contribution < -0.4 is 31.3 Å². The SMILES string of the molecule is CC(C)(C)C(=N)/C=C(/NC(=O)Nc1ccc(Oc2ccnc(NCCCO)n2)c2ccccc12)Nc1ccc(P(C)(C)=O)cc1. The van der Waals surface area contributed by atoms with Gasteiger partial charge >= 0.3 is 6.03 Å². The molecule has 0 bridgehead atoms. The fraction of sp³-hybridized carbons (Fsp3) is 0.273. The van der Waals surface area contributed by atoms with E-state index in [0.29, 0.717) is 53.5 Å². The van der Waals surface area contributed by atoms with E-state index in [1.165, 1.54) is 0 Å². The second-order valence-corrected chi connectivity index (χ2v) is 15.0. The molecule has 0 unspecified atom stereocenters. The third-order valence-electron chi connectivity index (χ3n) is 6.71. The smallest absolute Gasteiger partial charge is 0.324 e. The Labute approximate surface area is 263 Å². The van der Waals surface area contributed by atoms with Crippen molar-refractivity contribution in [2.45, 2.75) is 27.2 Å². The van der Waals surface area contributed by atoms with E-state index in [9.17, 15) is 9.36 Å². The van der Waals surface area contributed by atoms with E-state index in [4.69, 9.17) is 15.3 Å². The Morgan fingerprint density at radius 3 is 2.38 bits per heavy atom. The number of amides is 2. The number of fused-ring (bicyclic) bond motifs is 1. The molecule has 12 heteroatoms. The van der Waals surface area contributed by atoms with Crippen molar-refractivity contribution in [2.24, 2.45) is 5.41 Å². The number of hydrogen-bond acceptors (Lipinski definition) is 9. The average Bonchev–Trinajstić information content (AvgIpc) is 2.98. The molecule has 4 aromatic rings. The molecular formula is C33H40N7O4P. The molecule has 0 fully saturated rings. The Morgan fingerprint density at radius 1 is 1.00 bits per heavy atom. The summed E-state index contributed by atoms with van der Waals surface area (Å²) in [6.07, 6.45) is 3.75. The Kier molecular flexibility index (Phi) is 10.6. The van der Waals surface area contributed by atoms with Gasteiger partial charge in [0.15, 0.2) is 0 Å². The largest absolute Gasteiger partial charge is 0.438 e. The van der Waals surface area contributed by atoms with Crippen LogP contribution in [-0.4, -0.2) is 53.3 Å². The normalized spacial score (nSPS) is 12.0. The van der Waals surface area contributed by atoms with Gasteiger partial charge in [-0.1, -0.05) is 45.0 Å². The summed E-state index contributed by atoms with van der Waals surface area (Å²) in [5, 5.41) is 31.8. The third-order valence-corrected chi connectivity index (χ3v) is 8.25. The van der Waals surface area contributed by atoms with Gasteiger partial charge in [0.1, 0.15) is 18.7 Å². The third kappa shape index (κ3) is 9.38. The van der Waals surface area contributed by atoms with E-state index in [2.05, 4.69) is 31.2 Å². The van der Waals surface area contributed by atoms with Crippen LogP contribution in [0, 0.1) is 10.8 Å². The first-order valence-corrected chi connectivity index (χ1v) is 17.1. The fourth-order valence-corrected chi connectivity index (χ4v) is 5.01. The molecule has 6 N–H and O–H groups in total. The number of carbonyl (C=O) groups excluding carboxylic acids is 1. The van der Waals surface area contributed by atoms with Gasteiger partial charge < -0.3 is 35.8 Å². The molecule has 0 aliphatic heterocycles. The van der Waals surface area contributed by atoms with Crippen LogP contribution in [0.25, 0.3) is 10.8 Å². The van der Waals surface area contributed by atoms with Crippen molar-refractivity contribution in [3.63, 3.8) is 0 Å². The van der Waals surface area contributed by atoms with Crippen molar-refractivity contribution in [2.75, 3.05) is 42.4 Å². The van der Waals surface area contributed by atoms with Crippen molar-refractivity contribution < 1.29 is 19.2 Å². The fourth-order valence-electron chi connectivity index (χ4n) is 4.14. The van der Waals surface area contributed by atoms with Gasteiger partial charge in [-0.15, -0.1) is 0 Å². The summed E-state index contributed by atoms with van der Waals surface area (Å²) in [6, 6.07) is 19.3. The van der Waals surface area contributed by atoms with E-state index < -0.39 is 18.6 Å². The molecule has 0 radical (unpaired) electrons. The van der Waals surface area contributed by atoms with Crippen LogP contribution in [0.2, 0.25) is 0 Å². The molecule has 45 heavy (non-hydrogen) atoms. The van der Waals surface area contributed by atoms with Gasteiger partial charge in [0, 0.05) is 64.4 Å². The highest BCUT2D eigenvalue weighted by molar-refractivity contribution is 7.70. The number of rotatable bonds is 12. The van der Waals surface area contributed by atoms with E-state index in [0.717, 1.165) is 16.1 Å². The lowest BCUT2D eigenvalue weighted by Crippen LogP contribution is -2.32. The average molecular weight is 630 g/mol. The Balaban J connectivity index is 1.54. The zero-order chi connectivity index (χ0) is 32.6. The Bertz CT molecular complexity index is 1740. The predicted molar refractivity (Wildman–Crippen MR) is 183 cm³/mol. The minimum Gasteiger partial charge on any atom is -0.438 e. The molecule has 0 atom stereocenters.